The molecule has 1 saturated carbocycles. The van der Waals surface area contributed by atoms with Gasteiger partial charge in [0, 0.05) is 18.3 Å². The number of nitrogens with zero attached hydrogens (tertiary/aromatic N) is 2. The monoisotopic (exact) mass is 308 g/mol. The lowest BCUT2D eigenvalue weighted by Gasteiger charge is -2.31. The van der Waals surface area contributed by atoms with Gasteiger partial charge >= 0.3 is 0 Å². The number of hydrogen-bond acceptors (Lipinski definition) is 6. The van der Waals surface area contributed by atoms with Crippen molar-refractivity contribution >= 4 is 45.1 Å². The summed E-state index contributed by atoms with van der Waals surface area (Å²) in [4.78, 5) is 10.2. The summed E-state index contributed by atoms with van der Waals surface area (Å²) < 4.78 is 0. The van der Waals surface area contributed by atoms with E-state index < -0.39 is 0 Å². The number of anilines is 2. The molecular formula is C14H20N4S2. The Hall–Kier alpha value is -1.01. The number of fused-ring (bicyclic) bond motifs is 1. The number of thiophene rings is 1. The molecule has 2 aromatic heterocycles. The standard InChI is InChI=1S/C14H20N4S2/c1-15-14-17-12(9-7-8-20-13(9)18-14)16-10-5-3-4-6-11(10)19-2/h7-8,10-11H,3-6H2,1-2H3,(H2,15,16,17,18). The van der Waals surface area contributed by atoms with E-state index in [4.69, 9.17) is 0 Å². The Morgan fingerprint density at radius 3 is 2.95 bits per heavy atom. The van der Waals surface area contributed by atoms with Gasteiger partial charge < -0.3 is 10.6 Å². The molecule has 0 bridgehead atoms. The first-order valence-corrected chi connectivity index (χ1v) is 9.21. The Morgan fingerprint density at radius 2 is 2.15 bits per heavy atom. The summed E-state index contributed by atoms with van der Waals surface area (Å²) in [6.07, 6.45) is 7.41. The van der Waals surface area contributed by atoms with Crippen LogP contribution >= 0.6 is 23.1 Å². The second-order valence-electron chi connectivity index (χ2n) is 5.09. The third kappa shape index (κ3) is 2.72. The molecule has 108 valence electrons. The molecule has 0 spiro atoms. The van der Waals surface area contributed by atoms with E-state index in [9.17, 15) is 0 Å². The van der Waals surface area contributed by atoms with Crippen LogP contribution in [-0.2, 0) is 0 Å². The van der Waals surface area contributed by atoms with Crippen molar-refractivity contribution in [3.8, 4) is 0 Å². The minimum Gasteiger partial charge on any atom is -0.366 e. The van der Waals surface area contributed by atoms with Crippen molar-refractivity contribution in [2.45, 2.75) is 37.0 Å². The first kappa shape index (κ1) is 13.9. The van der Waals surface area contributed by atoms with E-state index in [1.807, 2.05) is 18.8 Å². The molecule has 0 aliphatic heterocycles. The highest BCUT2D eigenvalue weighted by atomic mass is 32.2. The van der Waals surface area contributed by atoms with Gasteiger partial charge in [0.2, 0.25) is 5.95 Å². The molecule has 4 nitrogen and oxygen atoms in total. The number of rotatable bonds is 4. The fourth-order valence-corrected chi connectivity index (χ4v) is 4.50. The molecule has 2 aromatic rings. The van der Waals surface area contributed by atoms with Crippen molar-refractivity contribution in [3.63, 3.8) is 0 Å². The SMILES string of the molecule is CNc1nc(NC2CCCCC2SC)c2ccsc2n1. The second-order valence-corrected chi connectivity index (χ2v) is 7.07. The van der Waals surface area contributed by atoms with Gasteiger partial charge in [-0.3, -0.25) is 0 Å². The second kappa shape index (κ2) is 6.18. The number of hydrogen-bond donors (Lipinski definition) is 2. The molecule has 0 radical (unpaired) electrons. The summed E-state index contributed by atoms with van der Waals surface area (Å²) in [6.45, 7) is 0. The van der Waals surface area contributed by atoms with Crippen molar-refractivity contribution < 1.29 is 0 Å². The molecular weight excluding hydrogens is 288 g/mol. The molecule has 6 heteroatoms. The summed E-state index contributed by atoms with van der Waals surface area (Å²) in [5.74, 6) is 1.67. The van der Waals surface area contributed by atoms with Crippen LogP contribution in [0.1, 0.15) is 25.7 Å². The van der Waals surface area contributed by atoms with Gasteiger partial charge in [-0.05, 0) is 30.5 Å². The average Bonchev–Trinajstić information content (AvgIpc) is 2.96. The summed E-state index contributed by atoms with van der Waals surface area (Å²) >= 11 is 3.63. The zero-order valence-corrected chi connectivity index (χ0v) is 13.5. The van der Waals surface area contributed by atoms with E-state index in [1.165, 1.54) is 25.7 Å². The van der Waals surface area contributed by atoms with Crippen molar-refractivity contribution in [1.82, 2.24) is 9.97 Å². The lowest BCUT2D eigenvalue weighted by atomic mass is 9.95. The van der Waals surface area contributed by atoms with Gasteiger partial charge in [0.25, 0.3) is 0 Å². The van der Waals surface area contributed by atoms with E-state index in [-0.39, 0.29) is 0 Å². The highest BCUT2D eigenvalue weighted by molar-refractivity contribution is 7.99. The van der Waals surface area contributed by atoms with Gasteiger partial charge in [0.1, 0.15) is 10.6 Å². The van der Waals surface area contributed by atoms with Gasteiger partial charge in [-0.15, -0.1) is 11.3 Å². The fourth-order valence-electron chi connectivity index (χ4n) is 2.80. The predicted molar refractivity (Wildman–Crippen MR) is 90.1 cm³/mol. The zero-order chi connectivity index (χ0) is 13.9. The highest BCUT2D eigenvalue weighted by Gasteiger charge is 2.25. The molecule has 1 aliphatic rings. The minimum absolute atomic E-state index is 0.515. The molecule has 1 aliphatic carbocycles. The minimum atomic E-state index is 0.515. The Labute approximate surface area is 127 Å². The maximum Gasteiger partial charge on any atom is 0.225 e. The Morgan fingerprint density at radius 1 is 1.30 bits per heavy atom. The maximum atomic E-state index is 4.62. The Bertz CT molecular complexity index is 584. The van der Waals surface area contributed by atoms with E-state index >= 15 is 0 Å². The van der Waals surface area contributed by atoms with Crippen molar-refractivity contribution in [2.75, 3.05) is 23.9 Å². The number of thioether (sulfide) groups is 1. The maximum absolute atomic E-state index is 4.62. The van der Waals surface area contributed by atoms with Gasteiger partial charge in [0.15, 0.2) is 0 Å². The van der Waals surface area contributed by atoms with Crippen LogP contribution in [0.15, 0.2) is 11.4 Å². The van der Waals surface area contributed by atoms with E-state index in [0.717, 1.165) is 16.0 Å². The van der Waals surface area contributed by atoms with Gasteiger partial charge in [-0.2, -0.15) is 16.7 Å². The molecule has 1 fully saturated rings. The molecule has 2 heterocycles. The van der Waals surface area contributed by atoms with Crippen LogP contribution in [0.2, 0.25) is 0 Å². The predicted octanol–water partition coefficient (Wildman–Crippen LogP) is 3.82. The third-order valence-corrected chi connectivity index (χ3v) is 5.85. The highest BCUT2D eigenvalue weighted by Crippen LogP contribution is 2.32. The molecule has 3 rings (SSSR count). The van der Waals surface area contributed by atoms with Crippen LogP contribution < -0.4 is 10.6 Å². The molecule has 0 saturated heterocycles. The van der Waals surface area contributed by atoms with Crippen molar-refractivity contribution in [2.24, 2.45) is 0 Å². The van der Waals surface area contributed by atoms with E-state index in [2.05, 4.69) is 38.3 Å². The van der Waals surface area contributed by atoms with Crippen LogP contribution in [0.3, 0.4) is 0 Å². The Balaban J connectivity index is 1.90. The molecule has 2 N–H and O–H groups in total. The van der Waals surface area contributed by atoms with Crippen LogP contribution in [-0.4, -0.2) is 34.6 Å². The molecule has 0 amide bonds. The van der Waals surface area contributed by atoms with Gasteiger partial charge in [-0.25, -0.2) is 4.98 Å². The molecule has 2 atom stereocenters. The van der Waals surface area contributed by atoms with E-state index in [0.29, 0.717) is 17.2 Å². The normalized spacial score (nSPS) is 22.9. The van der Waals surface area contributed by atoms with Gasteiger partial charge in [0.05, 0.1) is 5.39 Å². The van der Waals surface area contributed by atoms with E-state index in [1.54, 1.807) is 11.3 Å². The first-order chi connectivity index (χ1) is 9.81. The Kier molecular flexibility index (Phi) is 4.31. The summed E-state index contributed by atoms with van der Waals surface area (Å²) in [6, 6.07) is 2.63. The molecule has 0 aromatic carbocycles. The lowest BCUT2D eigenvalue weighted by molar-refractivity contribution is 0.474. The van der Waals surface area contributed by atoms with Crippen molar-refractivity contribution in [1.29, 1.82) is 0 Å². The van der Waals surface area contributed by atoms with Crippen LogP contribution in [0.25, 0.3) is 10.2 Å². The summed E-state index contributed by atoms with van der Waals surface area (Å²) in [5.41, 5.74) is 0. The zero-order valence-electron chi connectivity index (χ0n) is 11.8. The topological polar surface area (TPSA) is 49.8 Å². The molecule has 20 heavy (non-hydrogen) atoms. The summed E-state index contributed by atoms with van der Waals surface area (Å²) in [7, 11) is 1.86. The smallest absolute Gasteiger partial charge is 0.225 e. The van der Waals surface area contributed by atoms with Crippen LogP contribution in [0, 0.1) is 0 Å². The quantitative estimate of drug-likeness (QED) is 0.899. The van der Waals surface area contributed by atoms with Crippen molar-refractivity contribution in [3.05, 3.63) is 11.4 Å². The number of nitrogens with one attached hydrogen (secondary N) is 2. The third-order valence-electron chi connectivity index (χ3n) is 3.88. The summed E-state index contributed by atoms with van der Waals surface area (Å²) in [5, 5.41) is 10.6. The largest absolute Gasteiger partial charge is 0.366 e. The lowest BCUT2D eigenvalue weighted by Crippen LogP contribution is -2.34. The first-order valence-electron chi connectivity index (χ1n) is 7.04. The average molecular weight is 308 g/mol. The van der Waals surface area contributed by atoms with Gasteiger partial charge in [-0.1, -0.05) is 12.8 Å². The number of aromatic nitrogens is 2. The molecule has 2 unspecified atom stereocenters. The van der Waals surface area contributed by atoms with Crippen LogP contribution in [0.5, 0.6) is 0 Å². The fraction of sp³-hybridized carbons (Fsp3) is 0.571. The van der Waals surface area contributed by atoms with Crippen LogP contribution in [0.4, 0.5) is 11.8 Å².